The van der Waals surface area contributed by atoms with E-state index in [1.807, 2.05) is 42.5 Å². The first-order chi connectivity index (χ1) is 12.2. The second kappa shape index (κ2) is 6.59. The van der Waals surface area contributed by atoms with Crippen molar-refractivity contribution in [2.45, 2.75) is 19.3 Å². The Hall–Kier alpha value is -2.82. The molecule has 0 atom stereocenters. The third-order valence-corrected chi connectivity index (χ3v) is 4.77. The number of carbonyl (C=O) groups excluding carboxylic acids is 2. The Morgan fingerprint density at radius 3 is 2.28 bits per heavy atom. The van der Waals surface area contributed by atoms with E-state index in [1.165, 1.54) is 5.56 Å². The van der Waals surface area contributed by atoms with Gasteiger partial charge in [0.1, 0.15) is 12.4 Å². The van der Waals surface area contributed by atoms with E-state index in [4.69, 9.17) is 4.74 Å². The molecule has 2 aliphatic heterocycles. The summed E-state index contributed by atoms with van der Waals surface area (Å²) in [5, 5.41) is 0. The van der Waals surface area contributed by atoms with E-state index in [1.54, 1.807) is 9.80 Å². The number of benzene rings is 2. The van der Waals surface area contributed by atoms with Gasteiger partial charge in [0.05, 0.1) is 12.2 Å². The molecule has 0 spiro atoms. The number of para-hydroxylation sites is 3. The number of ether oxygens (including phenoxy) is 1. The molecule has 0 fully saturated rings. The molecule has 0 aromatic heterocycles. The SMILES string of the molecule is O=C(CCC(=O)N1CCOc2ccccc21)N1CCc2ccccc21. The molecule has 2 aromatic rings. The summed E-state index contributed by atoms with van der Waals surface area (Å²) in [6.07, 6.45) is 1.32. The van der Waals surface area contributed by atoms with Gasteiger partial charge in [-0.2, -0.15) is 0 Å². The Morgan fingerprint density at radius 2 is 1.48 bits per heavy atom. The van der Waals surface area contributed by atoms with E-state index in [-0.39, 0.29) is 24.7 Å². The molecular weight excluding hydrogens is 316 g/mol. The standard InChI is InChI=1S/C20H20N2O3/c23-19(21-12-11-15-5-1-2-6-16(15)21)9-10-20(24)22-13-14-25-18-8-4-3-7-17(18)22/h1-8H,9-14H2. The molecule has 5 nitrogen and oxygen atoms in total. The quantitative estimate of drug-likeness (QED) is 0.866. The molecule has 2 heterocycles. The number of fused-ring (bicyclic) bond motifs is 2. The van der Waals surface area contributed by atoms with Gasteiger partial charge in [-0.05, 0) is 30.2 Å². The van der Waals surface area contributed by atoms with Crippen LogP contribution in [0.5, 0.6) is 5.75 Å². The van der Waals surface area contributed by atoms with Crippen molar-refractivity contribution in [1.29, 1.82) is 0 Å². The van der Waals surface area contributed by atoms with E-state index in [0.29, 0.717) is 19.7 Å². The van der Waals surface area contributed by atoms with Crippen LogP contribution in [0.1, 0.15) is 18.4 Å². The second-order valence-corrected chi connectivity index (χ2v) is 6.29. The number of hydrogen-bond acceptors (Lipinski definition) is 3. The number of nitrogens with zero attached hydrogens (tertiary/aromatic N) is 2. The molecule has 2 aromatic carbocycles. The first kappa shape index (κ1) is 15.7. The minimum atomic E-state index is -0.0309. The summed E-state index contributed by atoms with van der Waals surface area (Å²) in [4.78, 5) is 28.7. The number of amides is 2. The van der Waals surface area contributed by atoms with Crippen LogP contribution in [0.4, 0.5) is 11.4 Å². The molecule has 0 aliphatic carbocycles. The molecule has 0 unspecified atom stereocenters. The van der Waals surface area contributed by atoms with Crippen LogP contribution in [0.15, 0.2) is 48.5 Å². The molecule has 25 heavy (non-hydrogen) atoms. The lowest BCUT2D eigenvalue weighted by molar-refractivity contribution is -0.123. The van der Waals surface area contributed by atoms with Gasteiger partial charge < -0.3 is 14.5 Å². The van der Waals surface area contributed by atoms with Crippen LogP contribution in [0, 0.1) is 0 Å². The summed E-state index contributed by atoms with van der Waals surface area (Å²) in [6, 6.07) is 15.5. The van der Waals surface area contributed by atoms with Gasteiger partial charge in [0, 0.05) is 25.1 Å². The summed E-state index contributed by atoms with van der Waals surface area (Å²) in [5.41, 5.74) is 2.97. The summed E-state index contributed by atoms with van der Waals surface area (Å²) in [6.45, 7) is 1.71. The van der Waals surface area contributed by atoms with Gasteiger partial charge in [0.2, 0.25) is 11.8 Å². The van der Waals surface area contributed by atoms with E-state index in [9.17, 15) is 9.59 Å². The highest BCUT2D eigenvalue weighted by Gasteiger charge is 2.27. The number of rotatable bonds is 3. The first-order valence-electron chi connectivity index (χ1n) is 8.64. The Balaban J connectivity index is 1.41. The Labute approximate surface area is 146 Å². The van der Waals surface area contributed by atoms with Crippen LogP contribution in [0.3, 0.4) is 0 Å². The zero-order valence-electron chi connectivity index (χ0n) is 14.0. The fourth-order valence-corrected chi connectivity index (χ4v) is 3.51. The summed E-state index contributed by atoms with van der Waals surface area (Å²) < 4.78 is 5.58. The van der Waals surface area contributed by atoms with Crippen molar-refractivity contribution >= 4 is 23.2 Å². The van der Waals surface area contributed by atoms with Crippen molar-refractivity contribution in [2.24, 2.45) is 0 Å². The molecule has 0 saturated carbocycles. The number of carbonyl (C=O) groups is 2. The molecule has 128 valence electrons. The molecular formula is C20H20N2O3. The zero-order chi connectivity index (χ0) is 17.2. The van der Waals surface area contributed by atoms with Crippen molar-refractivity contribution in [2.75, 3.05) is 29.5 Å². The third-order valence-electron chi connectivity index (χ3n) is 4.77. The van der Waals surface area contributed by atoms with Gasteiger partial charge in [-0.15, -0.1) is 0 Å². The lowest BCUT2D eigenvalue weighted by Gasteiger charge is -2.29. The van der Waals surface area contributed by atoms with Gasteiger partial charge in [-0.3, -0.25) is 9.59 Å². The zero-order valence-corrected chi connectivity index (χ0v) is 14.0. The number of anilines is 2. The topological polar surface area (TPSA) is 49.9 Å². The van der Waals surface area contributed by atoms with Crippen LogP contribution in [0.25, 0.3) is 0 Å². The lowest BCUT2D eigenvalue weighted by Crippen LogP contribution is -2.38. The van der Waals surface area contributed by atoms with E-state index in [0.717, 1.165) is 23.5 Å². The molecule has 0 N–H and O–H groups in total. The Bertz CT molecular complexity index is 818. The average Bonchev–Trinajstić information content (AvgIpc) is 3.09. The highest BCUT2D eigenvalue weighted by Crippen LogP contribution is 2.32. The predicted octanol–water partition coefficient (Wildman–Crippen LogP) is 2.78. The van der Waals surface area contributed by atoms with Gasteiger partial charge in [-0.25, -0.2) is 0 Å². The molecule has 2 amide bonds. The Morgan fingerprint density at radius 1 is 0.840 bits per heavy atom. The van der Waals surface area contributed by atoms with E-state index < -0.39 is 0 Å². The molecule has 5 heteroatoms. The second-order valence-electron chi connectivity index (χ2n) is 6.29. The van der Waals surface area contributed by atoms with Crippen LogP contribution >= 0.6 is 0 Å². The van der Waals surface area contributed by atoms with Gasteiger partial charge in [0.25, 0.3) is 0 Å². The van der Waals surface area contributed by atoms with Crippen molar-refractivity contribution < 1.29 is 14.3 Å². The predicted molar refractivity (Wildman–Crippen MR) is 96.0 cm³/mol. The molecule has 0 bridgehead atoms. The van der Waals surface area contributed by atoms with Crippen LogP contribution < -0.4 is 14.5 Å². The summed E-state index contributed by atoms with van der Waals surface area (Å²) >= 11 is 0. The minimum Gasteiger partial charge on any atom is -0.490 e. The van der Waals surface area contributed by atoms with Gasteiger partial charge >= 0.3 is 0 Å². The highest BCUT2D eigenvalue weighted by atomic mass is 16.5. The molecule has 0 radical (unpaired) electrons. The third kappa shape index (κ3) is 2.97. The largest absolute Gasteiger partial charge is 0.490 e. The molecule has 4 rings (SSSR count). The van der Waals surface area contributed by atoms with Crippen molar-refractivity contribution in [3.8, 4) is 5.75 Å². The molecule has 0 saturated heterocycles. The maximum atomic E-state index is 12.6. The maximum absolute atomic E-state index is 12.6. The first-order valence-corrected chi connectivity index (χ1v) is 8.64. The highest BCUT2D eigenvalue weighted by molar-refractivity contribution is 6.00. The van der Waals surface area contributed by atoms with Gasteiger partial charge in [-0.1, -0.05) is 30.3 Å². The average molecular weight is 336 g/mol. The van der Waals surface area contributed by atoms with Gasteiger partial charge in [0.15, 0.2) is 0 Å². The Kier molecular flexibility index (Phi) is 4.14. The number of hydrogen-bond donors (Lipinski definition) is 0. The summed E-state index contributed by atoms with van der Waals surface area (Å²) in [7, 11) is 0. The maximum Gasteiger partial charge on any atom is 0.227 e. The normalized spacial score (nSPS) is 15.4. The van der Waals surface area contributed by atoms with Crippen LogP contribution in [-0.4, -0.2) is 31.5 Å². The molecule has 2 aliphatic rings. The fraction of sp³-hybridized carbons (Fsp3) is 0.300. The minimum absolute atomic E-state index is 0.0137. The van der Waals surface area contributed by atoms with E-state index >= 15 is 0 Å². The monoisotopic (exact) mass is 336 g/mol. The van der Waals surface area contributed by atoms with Crippen molar-refractivity contribution in [1.82, 2.24) is 0 Å². The van der Waals surface area contributed by atoms with E-state index in [2.05, 4.69) is 6.07 Å². The lowest BCUT2D eigenvalue weighted by atomic mass is 10.1. The fourth-order valence-electron chi connectivity index (χ4n) is 3.51. The van der Waals surface area contributed by atoms with Crippen LogP contribution in [0.2, 0.25) is 0 Å². The smallest absolute Gasteiger partial charge is 0.227 e. The van der Waals surface area contributed by atoms with Crippen molar-refractivity contribution in [3.05, 3.63) is 54.1 Å². The summed E-state index contributed by atoms with van der Waals surface area (Å²) in [5.74, 6) is 0.707. The van der Waals surface area contributed by atoms with Crippen LogP contribution in [-0.2, 0) is 16.0 Å². The van der Waals surface area contributed by atoms with Crippen molar-refractivity contribution in [3.63, 3.8) is 0 Å².